The van der Waals surface area contributed by atoms with Crippen molar-refractivity contribution in [2.75, 3.05) is 7.11 Å². The Hall–Kier alpha value is -2.37. The molecule has 0 spiro atoms. The van der Waals surface area contributed by atoms with Gasteiger partial charge in [0.2, 0.25) is 11.7 Å². The van der Waals surface area contributed by atoms with Crippen LogP contribution in [0.4, 0.5) is 0 Å². The highest BCUT2D eigenvalue weighted by atomic mass is 35.5. The van der Waals surface area contributed by atoms with Gasteiger partial charge >= 0.3 is 0 Å². The number of nitrogens with zero attached hydrogens (tertiary/aromatic N) is 2. The molecule has 6 heteroatoms. The molecular formula is C20H22ClN3O2. The van der Waals surface area contributed by atoms with Gasteiger partial charge in [0.15, 0.2) is 0 Å². The third-order valence-electron chi connectivity index (χ3n) is 5.13. The minimum Gasteiger partial charge on any atom is -0.497 e. The summed E-state index contributed by atoms with van der Waals surface area (Å²) in [5.74, 6) is 2.17. The zero-order valence-corrected chi connectivity index (χ0v) is 15.5. The molecule has 3 aromatic rings. The molecule has 0 saturated heterocycles. The van der Waals surface area contributed by atoms with Gasteiger partial charge in [0, 0.05) is 12.1 Å². The molecule has 136 valence electrons. The van der Waals surface area contributed by atoms with Gasteiger partial charge in [0.1, 0.15) is 5.75 Å². The first-order valence-corrected chi connectivity index (χ1v) is 8.53. The fourth-order valence-corrected chi connectivity index (χ4v) is 3.39. The predicted octanol–water partition coefficient (Wildman–Crippen LogP) is 4.10. The highest BCUT2D eigenvalue weighted by Gasteiger charge is 2.45. The van der Waals surface area contributed by atoms with E-state index in [9.17, 15) is 0 Å². The van der Waals surface area contributed by atoms with Crippen molar-refractivity contribution in [2.45, 2.75) is 31.2 Å². The van der Waals surface area contributed by atoms with Crippen LogP contribution in [0.25, 0.3) is 11.4 Å². The van der Waals surface area contributed by atoms with Crippen molar-refractivity contribution in [3.8, 4) is 17.1 Å². The fraction of sp³-hybridized carbons (Fsp3) is 0.300. The lowest BCUT2D eigenvalue weighted by atomic mass is 9.64. The van der Waals surface area contributed by atoms with E-state index in [2.05, 4.69) is 17.3 Å². The van der Waals surface area contributed by atoms with Gasteiger partial charge in [-0.3, -0.25) is 0 Å². The highest BCUT2D eigenvalue weighted by Crippen LogP contribution is 2.48. The molecule has 0 unspecified atom stereocenters. The normalized spacial score (nSPS) is 15.0. The van der Waals surface area contributed by atoms with Gasteiger partial charge in [0.25, 0.3) is 0 Å². The van der Waals surface area contributed by atoms with Crippen LogP contribution >= 0.6 is 12.4 Å². The lowest BCUT2D eigenvalue weighted by molar-refractivity contribution is 0.216. The second-order valence-electron chi connectivity index (χ2n) is 6.49. The van der Waals surface area contributed by atoms with Crippen LogP contribution in [0.15, 0.2) is 53.1 Å². The minimum absolute atomic E-state index is 0. The van der Waals surface area contributed by atoms with Gasteiger partial charge in [0.05, 0.1) is 12.5 Å². The Labute approximate surface area is 159 Å². The average molecular weight is 372 g/mol. The summed E-state index contributed by atoms with van der Waals surface area (Å²) in [6.07, 6.45) is 3.20. The third kappa shape index (κ3) is 3.08. The third-order valence-corrected chi connectivity index (χ3v) is 5.13. The molecule has 1 aliphatic carbocycles. The molecule has 0 amide bonds. The number of nitrogens with two attached hydrogens (primary N) is 1. The molecule has 0 aliphatic heterocycles. The molecule has 26 heavy (non-hydrogen) atoms. The van der Waals surface area contributed by atoms with Crippen LogP contribution in [0.2, 0.25) is 0 Å². The van der Waals surface area contributed by atoms with Crippen LogP contribution < -0.4 is 10.5 Å². The molecule has 1 fully saturated rings. The Morgan fingerprint density at radius 1 is 1.08 bits per heavy atom. The fourth-order valence-electron chi connectivity index (χ4n) is 3.39. The number of halogens is 1. The van der Waals surface area contributed by atoms with E-state index in [1.54, 1.807) is 7.11 Å². The van der Waals surface area contributed by atoms with Gasteiger partial charge in [-0.15, -0.1) is 12.4 Å². The smallest absolute Gasteiger partial charge is 0.237 e. The molecule has 1 heterocycles. The van der Waals surface area contributed by atoms with E-state index in [-0.39, 0.29) is 17.8 Å². The highest BCUT2D eigenvalue weighted by molar-refractivity contribution is 5.85. The Morgan fingerprint density at radius 3 is 2.31 bits per heavy atom. The predicted molar refractivity (Wildman–Crippen MR) is 102 cm³/mol. The van der Waals surface area contributed by atoms with Gasteiger partial charge in [-0.1, -0.05) is 48.0 Å². The van der Waals surface area contributed by atoms with Crippen molar-refractivity contribution in [3.63, 3.8) is 0 Å². The van der Waals surface area contributed by atoms with Crippen molar-refractivity contribution >= 4 is 12.4 Å². The number of aromatic nitrogens is 2. The maximum atomic E-state index is 5.68. The Balaban J connectivity index is 0.00000196. The molecule has 1 saturated carbocycles. The lowest BCUT2D eigenvalue weighted by Crippen LogP contribution is -2.35. The van der Waals surface area contributed by atoms with Gasteiger partial charge in [-0.2, -0.15) is 4.98 Å². The van der Waals surface area contributed by atoms with Crippen LogP contribution in [0, 0.1) is 0 Å². The summed E-state index contributed by atoms with van der Waals surface area (Å²) >= 11 is 0. The summed E-state index contributed by atoms with van der Waals surface area (Å²) in [6.45, 7) is 0.526. The van der Waals surface area contributed by atoms with E-state index < -0.39 is 0 Å². The number of methoxy groups -OCH3 is 1. The second kappa shape index (κ2) is 7.48. The quantitative estimate of drug-likeness (QED) is 0.731. The van der Waals surface area contributed by atoms with Crippen LogP contribution in [-0.2, 0) is 12.0 Å². The van der Waals surface area contributed by atoms with Crippen LogP contribution in [-0.4, -0.2) is 17.3 Å². The molecular weight excluding hydrogens is 350 g/mol. The zero-order chi connectivity index (χ0) is 17.3. The van der Waals surface area contributed by atoms with Crippen molar-refractivity contribution in [1.29, 1.82) is 0 Å². The van der Waals surface area contributed by atoms with Crippen molar-refractivity contribution < 1.29 is 9.26 Å². The summed E-state index contributed by atoms with van der Waals surface area (Å²) < 4.78 is 10.9. The zero-order valence-electron chi connectivity index (χ0n) is 14.6. The van der Waals surface area contributed by atoms with Gasteiger partial charge < -0.3 is 15.0 Å². The van der Waals surface area contributed by atoms with Crippen molar-refractivity contribution in [3.05, 3.63) is 65.5 Å². The van der Waals surface area contributed by atoms with E-state index in [1.165, 1.54) is 5.56 Å². The van der Waals surface area contributed by atoms with E-state index in [1.807, 2.05) is 36.4 Å². The standard InChI is InChI=1S/C20H21N3O2.ClH/c1-24-17-9-7-16(8-10-17)20(11-2-12-20)19-22-18(23-25-19)15-5-3-14(13-21)4-6-15;/h3-10H,2,11-13,21H2,1H3;1H. The van der Waals surface area contributed by atoms with E-state index in [4.69, 9.17) is 20.0 Å². The summed E-state index contributed by atoms with van der Waals surface area (Å²) in [5, 5.41) is 4.21. The first kappa shape index (κ1) is 18.4. The lowest BCUT2D eigenvalue weighted by Gasteiger charge is -2.38. The average Bonchev–Trinajstić information content (AvgIpc) is 3.12. The molecule has 2 aromatic carbocycles. The van der Waals surface area contributed by atoms with Crippen molar-refractivity contribution in [2.24, 2.45) is 5.73 Å². The summed E-state index contributed by atoms with van der Waals surface area (Å²) in [4.78, 5) is 4.71. The number of rotatable bonds is 5. The molecule has 0 radical (unpaired) electrons. The van der Waals surface area contributed by atoms with Crippen LogP contribution in [0.3, 0.4) is 0 Å². The molecule has 2 N–H and O–H groups in total. The van der Waals surface area contributed by atoms with E-state index in [0.29, 0.717) is 18.3 Å². The Morgan fingerprint density at radius 2 is 1.77 bits per heavy atom. The molecule has 0 atom stereocenters. The maximum Gasteiger partial charge on any atom is 0.237 e. The maximum absolute atomic E-state index is 5.68. The Kier molecular flexibility index (Phi) is 5.30. The first-order chi connectivity index (χ1) is 12.2. The van der Waals surface area contributed by atoms with Crippen molar-refractivity contribution in [1.82, 2.24) is 10.1 Å². The molecule has 0 bridgehead atoms. The van der Waals surface area contributed by atoms with Crippen LogP contribution in [0.5, 0.6) is 5.75 Å². The number of benzene rings is 2. The molecule has 5 nitrogen and oxygen atoms in total. The van der Waals surface area contributed by atoms with Crippen LogP contribution in [0.1, 0.15) is 36.3 Å². The molecule has 1 aromatic heterocycles. The number of ether oxygens (including phenoxy) is 1. The Bertz CT molecular complexity index is 856. The summed E-state index contributed by atoms with van der Waals surface area (Å²) in [5.41, 5.74) is 8.71. The van der Waals surface area contributed by atoms with Gasteiger partial charge in [-0.25, -0.2) is 0 Å². The SMILES string of the molecule is COc1ccc(C2(c3nc(-c4ccc(CN)cc4)no3)CCC2)cc1.Cl. The monoisotopic (exact) mass is 371 g/mol. The van der Waals surface area contributed by atoms with E-state index >= 15 is 0 Å². The first-order valence-electron chi connectivity index (χ1n) is 8.53. The molecule has 1 aliphatic rings. The van der Waals surface area contributed by atoms with Gasteiger partial charge in [-0.05, 0) is 36.1 Å². The number of hydrogen-bond acceptors (Lipinski definition) is 5. The minimum atomic E-state index is -0.172. The van der Waals surface area contributed by atoms with E-state index in [0.717, 1.165) is 36.1 Å². The summed E-state index contributed by atoms with van der Waals surface area (Å²) in [7, 11) is 1.67. The second-order valence-corrected chi connectivity index (χ2v) is 6.49. The topological polar surface area (TPSA) is 74.2 Å². The largest absolute Gasteiger partial charge is 0.497 e. The number of hydrogen-bond donors (Lipinski definition) is 1. The molecule has 4 rings (SSSR count). The summed E-state index contributed by atoms with van der Waals surface area (Å²) in [6, 6.07) is 16.1.